The fraction of sp³-hybridized carbons (Fsp3) is 0.583. The van der Waals surface area contributed by atoms with Gasteiger partial charge in [0, 0.05) is 11.4 Å². The number of nitrogens with one attached hydrogen (secondary N) is 1. The first-order chi connectivity index (χ1) is 8.68. The number of carboxylic acid groups (broad SMARTS) is 1. The van der Waals surface area contributed by atoms with Crippen LogP contribution in [-0.4, -0.2) is 28.0 Å². The molecule has 18 heavy (non-hydrogen) atoms. The van der Waals surface area contributed by atoms with Gasteiger partial charge in [-0.1, -0.05) is 19.3 Å². The molecule has 1 aromatic rings. The highest BCUT2D eigenvalue weighted by molar-refractivity contribution is 7.07. The fourth-order valence-electron chi connectivity index (χ4n) is 2.34. The smallest absolute Gasteiger partial charge is 0.308 e. The van der Waals surface area contributed by atoms with Crippen LogP contribution < -0.4 is 5.32 Å². The molecule has 1 aromatic heterocycles. The number of amides is 1. The molecular weight excluding hydrogens is 252 g/mol. The lowest BCUT2D eigenvalue weighted by molar-refractivity contribution is -0.142. The summed E-state index contributed by atoms with van der Waals surface area (Å²) in [5.41, 5.74) is 1.96. The van der Waals surface area contributed by atoms with E-state index < -0.39 is 11.9 Å². The average molecular weight is 268 g/mol. The minimum atomic E-state index is -0.819. The van der Waals surface area contributed by atoms with E-state index in [1.165, 1.54) is 11.3 Å². The van der Waals surface area contributed by atoms with Gasteiger partial charge in [0.2, 0.25) is 0 Å². The van der Waals surface area contributed by atoms with Gasteiger partial charge in [0.05, 0.1) is 11.4 Å². The van der Waals surface area contributed by atoms with Crippen LogP contribution in [0.3, 0.4) is 0 Å². The summed E-state index contributed by atoms with van der Waals surface area (Å²) < 4.78 is 0. The number of carbonyl (C=O) groups is 2. The molecule has 2 rings (SSSR count). The lowest BCUT2D eigenvalue weighted by Gasteiger charge is -2.22. The van der Waals surface area contributed by atoms with Gasteiger partial charge >= 0.3 is 5.97 Å². The van der Waals surface area contributed by atoms with Crippen molar-refractivity contribution >= 4 is 23.2 Å². The maximum absolute atomic E-state index is 11.9. The van der Waals surface area contributed by atoms with E-state index in [0.29, 0.717) is 12.1 Å². The standard InChI is InChI=1S/C12H16N2O3S/c15-11(10-6-18-7-13-10)14-9-5-3-1-2-4-8(9)12(16)17/h6-9H,1-5H2,(H,14,15)(H,16,17)/t8-,9+/m1/s1. The van der Waals surface area contributed by atoms with E-state index in [-0.39, 0.29) is 11.9 Å². The van der Waals surface area contributed by atoms with Gasteiger partial charge in [0.25, 0.3) is 5.91 Å². The van der Waals surface area contributed by atoms with Crippen molar-refractivity contribution in [3.05, 3.63) is 16.6 Å². The number of aromatic nitrogens is 1. The van der Waals surface area contributed by atoms with Crippen LogP contribution in [0.5, 0.6) is 0 Å². The molecule has 1 saturated carbocycles. The molecular formula is C12H16N2O3S. The Morgan fingerprint density at radius 3 is 2.78 bits per heavy atom. The van der Waals surface area contributed by atoms with E-state index in [1.54, 1.807) is 10.9 Å². The zero-order valence-electron chi connectivity index (χ0n) is 9.96. The monoisotopic (exact) mass is 268 g/mol. The van der Waals surface area contributed by atoms with E-state index in [0.717, 1.165) is 25.7 Å². The Bertz CT molecular complexity index is 419. The van der Waals surface area contributed by atoms with Crippen LogP contribution in [0.2, 0.25) is 0 Å². The summed E-state index contributed by atoms with van der Waals surface area (Å²) in [6.07, 6.45) is 4.28. The Kier molecular flexibility index (Phi) is 4.30. The molecule has 1 fully saturated rings. The lowest BCUT2D eigenvalue weighted by atomic mass is 9.95. The summed E-state index contributed by atoms with van der Waals surface area (Å²) in [5, 5.41) is 13.7. The first-order valence-electron chi connectivity index (χ1n) is 6.10. The summed E-state index contributed by atoms with van der Waals surface area (Å²) in [6.45, 7) is 0. The summed E-state index contributed by atoms with van der Waals surface area (Å²) in [7, 11) is 0. The highest BCUT2D eigenvalue weighted by atomic mass is 32.1. The highest BCUT2D eigenvalue weighted by Gasteiger charge is 2.30. The van der Waals surface area contributed by atoms with Crippen LogP contribution in [0, 0.1) is 5.92 Å². The van der Waals surface area contributed by atoms with Gasteiger partial charge in [0.1, 0.15) is 5.69 Å². The third-order valence-electron chi connectivity index (χ3n) is 3.31. The molecule has 2 N–H and O–H groups in total. The zero-order valence-corrected chi connectivity index (χ0v) is 10.8. The van der Waals surface area contributed by atoms with Gasteiger partial charge in [-0.2, -0.15) is 0 Å². The molecule has 0 saturated heterocycles. The number of hydrogen-bond acceptors (Lipinski definition) is 4. The van der Waals surface area contributed by atoms with Crippen molar-refractivity contribution in [3.63, 3.8) is 0 Å². The maximum atomic E-state index is 11.9. The van der Waals surface area contributed by atoms with Gasteiger partial charge in [-0.25, -0.2) is 4.98 Å². The van der Waals surface area contributed by atoms with Crippen LogP contribution in [0.4, 0.5) is 0 Å². The number of thiazole rings is 1. The van der Waals surface area contributed by atoms with Gasteiger partial charge in [-0.15, -0.1) is 11.3 Å². The second-order valence-corrected chi connectivity index (χ2v) is 5.26. The molecule has 5 nitrogen and oxygen atoms in total. The minimum Gasteiger partial charge on any atom is -0.481 e. The third-order valence-corrected chi connectivity index (χ3v) is 3.90. The summed E-state index contributed by atoms with van der Waals surface area (Å²) >= 11 is 1.35. The van der Waals surface area contributed by atoms with Gasteiger partial charge in [-0.05, 0) is 12.8 Å². The van der Waals surface area contributed by atoms with Crippen molar-refractivity contribution in [3.8, 4) is 0 Å². The molecule has 0 aromatic carbocycles. The summed E-state index contributed by atoms with van der Waals surface area (Å²) in [4.78, 5) is 27.0. The zero-order chi connectivity index (χ0) is 13.0. The molecule has 0 radical (unpaired) electrons. The molecule has 1 amide bonds. The van der Waals surface area contributed by atoms with Crippen molar-refractivity contribution in [2.24, 2.45) is 5.92 Å². The van der Waals surface area contributed by atoms with Crippen LogP contribution >= 0.6 is 11.3 Å². The van der Waals surface area contributed by atoms with Crippen molar-refractivity contribution in [1.29, 1.82) is 0 Å². The largest absolute Gasteiger partial charge is 0.481 e. The molecule has 98 valence electrons. The number of nitrogens with zero attached hydrogens (tertiary/aromatic N) is 1. The van der Waals surface area contributed by atoms with E-state index in [9.17, 15) is 14.7 Å². The number of carbonyl (C=O) groups excluding carboxylic acids is 1. The first kappa shape index (κ1) is 13.0. The normalized spacial score (nSPS) is 24.2. The Morgan fingerprint density at radius 1 is 1.33 bits per heavy atom. The quantitative estimate of drug-likeness (QED) is 0.821. The Labute approximate surface area is 109 Å². The third kappa shape index (κ3) is 3.07. The van der Waals surface area contributed by atoms with Crippen molar-refractivity contribution in [1.82, 2.24) is 10.3 Å². The molecule has 1 aliphatic rings. The summed E-state index contributed by atoms with van der Waals surface area (Å²) in [6, 6.07) is -0.279. The van der Waals surface area contributed by atoms with Crippen LogP contribution in [0.15, 0.2) is 10.9 Å². The first-order valence-corrected chi connectivity index (χ1v) is 7.04. The maximum Gasteiger partial charge on any atom is 0.308 e. The second-order valence-electron chi connectivity index (χ2n) is 4.54. The molecule has 1 aliphatic carbocycles. The molecule has 0 aliphatic heterocycles. The van der Waals surface area contributed by atoms with Gasteiger partial charge in [0.15, 0.2) is 0 Å². The minimum absolute atomic E-state index is 0.269. The van der Waals surface area contributed by atoms with E-state index >= 15 is 0 Å². The molecule has 0 bridgehead atoms. The number of carboxylic acids is 1. The van der Waals surface area contributed by atoms with Crippen molar-refractivity contribution < 1.29 is 14.7 Å². The van der Waals surface area contributed by atoms with E-state index in [1.807, 2.05) is 0 Å². The predicted octanol–water partition coefficient (Wildman–Crippen LogP) is 1.91. The van der Waals surface area contributed by atoms with Crippen LogP contribution in [0.25, 0.3) is 0 Å². The average Bonchev–Trinajstić information content (AvgIpc) is 2.77. The Hall–Kier alpha value is -1.43. The molecule has 0 spiro atoms. The van der Waals surface area contributed by atoms with Gasteiger partial charge < -0.3 is 10.4 Å². The fourth-order valence-corrected chi connectivity index (χ4v) is 2.88. The SMILES string of the molecule is O=C(N[C@H]1CCCCC[C@H]1C(=O)O)c1cscn1. The molecule has 6 heteroatoms. The van der Waals surface area contributed by atoms with E-state index in [2.05, 4.69) is 10.3 Å². The number of hydrogen-bond donors (Lipinski definition) is 2. The Balaban J connectivity index is 2.04. The van der Waals surface area contributed by atoms with E-state index in [4.69, 9.17) is 0 Å². The number of aliphatic carboxylic acids is 1. The second kappa shape index (κ2) is 5.95. The van der Waals surface area contributed by atoms with Crippen molar-refractivity contribution in [2.45, 2.75) is 38.1 Å². The molecule has 2 atom stereocenters. The van der Waals surface area contributed by atoms with Crippen LogP contribution in [-0.2, 0) is 4.79 Å². The number of rotatable bonds is 3. The van der Waals surface area contributed by atoms with Crippen LogP contribution in [0.1, 0.15) is 42.6 Å². The lowest BCUT2D eigenvalue weighted by Crippen LogP contribution is -2.42. The van der Waals surface area contributed by atoms with Crippen molar-refractivity contribution in [2.75, 3.05) is 0 Å². The Morgan fingerprint density at radius 2 is 2.11 bits per heavy atom. The predicted molar refractivity (Wildman–Crippen MR) is 67.6 cm³/mol. The van der Waals surface area contributed by atoms with Gasteiger partial charge in [-0.3, -0.25) is 9.59 Å². The molecule has 1 heterocycles. The molecule has 0 unspecified atom stereocenters. The topological polar surface area (TPSA) is 79.3 Å². The highest BCUT2D eigenvalue weighted by Crippen LogP contribution is 2.24. The summed E-state index contributed by atoms with van der Waals surface area (Å²) in [5.74, 6) is -1.56.